The van der Waals surface area contributed by atoms with Crippen molar-refractivity contribution in [3.8, 4) is 0 Å². The molecular weight excluding hydrogens is 210 g/mol. The highest BCUT2D eigenvalue weighted by molar-refractivity contribution is 5.81. The van der Waals surface area contributed by atoms with Gasteiger partial charge in [0.25, 0.3) is 0 Å². The summed E-state index contributed by atoms with van der Waals surface area (Å²) in [5.74, 6) is 1.77. The molecule has 1 aromatic heterocycles. The molecule has 1 fully saturated rings. The average molecular weight is 229 g/mol. The van der Waals surface area contributed by atoms with Gasteiger partial charge in [0.2, 0.25) is 0 Å². The average Bonchev–Trinajstić information content (AvgIpc) is 2.72. The molecule has 1 aliphatic heterocycles. The van der Waals surface area contributed by atoms with E-state index in [1.165, 1.54) is 30.3 Å². The van der Waals surface area contributed by atoms with Crippen LogP contribution in [0.4, 0.5) is 0 Å². The van der Waals surface area contributed by atoms with Gasteiger partial charge in [-0.3, -0.25) is 0 Å². The highest BCUT2D eigenvalue weighted by Gasteiger charge is 2.15. The van der Waals surface area contributed by atoms with Gasteiger partial charge in [0.05, 0.1) is 0 Å². The van der Waals surface area contributed by atoms with E-state index in [0.717, 1.165) is 30.2 Å². The summed E-state index contributed by atoms with van der Waals surface area (Å²) in [6, 6.07) is 8.61. The molecule has 1 unspecified atom stereocenters. The topological polar surface area (TPSA) is 25.2 Å². The monoisotopic (exact) mass is 229 g/mol. The fourth-order valence-electron chi connectivity index (χ4n) is 2.82. The number of fused-ring (bicyclic) bond motifs is 1. The van der Waals surface area contributed by atoms with E-state index in [-0.39, 0.29) is 0 Å². The Morgan fingerprint density at radius 3 is 3.18 bits per heavy atom. The summed E-state index contributed by atoms with van der Waals surface area (Å²) in [5.41, 5.74) is 2.46. The molecule has 0 spiro atoms. The number of hydrogen-bond acceptors (Lipinski definition) is 2. The molecule has 1 N–H and O–H groups in total. The third kappa shape index (κ3) is 2.22. The van der Waals surface area contributed by atoms with E-state index < -0.39 is 0 Å². The van der Waals surface area contributed by atoms with Gasteiger partial charge in [-0.25, -0.2) is 0 Å². The second-order valence-electron chi connectivity index (χ2n) is 5.11. The van der Waals surface area contributed by atoms with Crippen LogP contribution >= 0.6 is 0 Å². The highest BCUT2D eigenvalue weighted by atomic mass is 16.3. The van der Waals surface area contributed by atoms with Crippen molar-refractivity contribution in [1.29, 1.82) is 0 Å². The first-order chi connectivity index (χ1) is 8.33. The van der Waals surface area contributed by atoms with Gasteiger partial charge in [-0.05, 0) is 56.8 Å². The molecular formula is C15H19NO. The Balaban J connectivity index is 1.88. The van der Waals surface area contributed by atoms with Crippen LogP contribution in [0.25, 0.3) is 11.0 Å². The molecule has 0 saturated carbocycles. The van der Waals surface area contributed by atoms with Crippen LogP contribution in [0.2, 0.25) is 0 Å². The zero-order valence-corrected chi connectivity index (χ0v) is 10.3. The highest BCUT2D eigenvalue weighted by Crippen LogP contribution is 2.26. The maximum Gasteiger partial charge on any atom is 0.137 e. The Kier molecular flexibility index (Phi) is 2.89. The smallest absolute Gasteiger partial charge is 0.137 e. The SMILES string of the molecule is Cc1cc2cccc(CC3CCCNC3)c2o1. The van der Waals surface area contributed by atoms with Gasteiger partial charge in [-0.2, -0.15) is 0 Å². The molecule has 2 nitrogen and oxygen atoms in total. The van der Waals surface area contributed by atoms with Gasteiger partial charge in [0.15, 0.2) is 0 Å². The van der Waals surface area contributed by atoms with Crippen LogP contribution in [0, 0.1) is 12.8 Å². The maximum atomic E-state index is 5.82. The van der Waals surface area contributed by atoms with Crippen molar-refractivity contribution in [2.75, 3.05) is 13.1 Å². The Morgan fingerprint density at radius 2 is 2.35 bits per heavy atom. The lowest BCUT2D eigenvalue weighted by Crippen LogP contribution is -2.30. The standard InChI is InChI=1S/C15H19NO/c1-11-8-13-5-2-6-14(15(13)17-11)9-12-4-3-7-16-10-12/h2,5-6,8,12,16H,3-4,7,9-10H2,1H3. The van der Waals surface area contributed by atoms with Crippen molar-refractivity contribution in [2.45, 2.75) is 26.2 Å². The maximum absolute atomic E-state index is 5.82. The van der Waals surface area contributed by atoms with Crippen molar-refractivity contribution in [3.05, 3.63) is 35.6 Å². The van der Waals surface area contributed by atoms with Gasteiger partial charge in [0.1, 0.15) is 11.3 Å². The number of piperidine rings is 1. The van der Waals surface area contributed by atoms with Crippen LogP contribution in [-0.2, 0) is 6.42 Å². The predicted molar refractivity (Wildman–Crippen MR) is 70.2 cm³/mol. The van der Waals surface area contributed by atoms with E-state index in [0.29, 0.717) is 0 Å². The second kappa shape index (κ2) is 4.53. The number of nitrogens with one attached hydrogen (secondary N) is 1. The van der Waals surface area contributed by atoms with Crippen LogP contribution in [0.3, 0.4) is 0 Å². The van der Waals surface area contributed by atoms with E-state index in [2.05, 4.69) is 29.6 Å². The summed E-state index contributed by atoms with van der Waals surface area (Å²) in [6.07, 6.45) is 3.78. The van der Waals surface area contributed by atoms with E-state index in [1.807, 2.05) is 6.92 Å². The number of benzene rings is 1. The summed E-state index contributed by atoms with van der Waals surface area (Å²) in [6.45, 7) is 4.35. The van der Waals surface area contributed by atoms with E-state index >= 15 is 0 Å². The van der Waals surface area contributed by atoms with Crippen molar-refractivity contribution in [2.24, 2.45) is 5.92 Å². The summed E-state index contributed by atoms with van der Waals surface area (Å²) in [5, 5.41) is 4.72. The van der Waals surface area contributed by atoms with E-state index in [9.17, 15) is 0 Å². The Hall–Kier alpha value is -1.28. The summed E-state index contributed by atoms with van der Waals surface area (Å²) >= 11 is 0. The fraction of sp³-hybridized carbons (Fsp3) is 0.467. The Morgan fingerprint density at radius 1 is 1.41 bits per heavy atom. The molecule has 2 heteroatoms. The van der Waals surface area contributed by atoms with Crippen molar-refractivity contribution in [3.63, 3.8) is 0 Å². The number of para-hydroxylation sites is 1. The molecule has 2 aromatic rings. The van der Waals surface area contributed by atoms with Crippen LogP contribution in [0.5, 0.6) is 0 Å². The Labute approximate surface area is 102 Å². The second-order valence-corrected chi connectivity index (χ2v) is 5.11. The van der Waals surface area contributed by atoms with Crippen molar-refractivity contribution in [1.82, 2.24) is 5.32 Å². The molecule has 17 heavy (non-hydrogen) atoms. The zero-order chi connectivity index (χ0) is 11.7. The largest absolute Gasteiger partial charge is 0.461 e. The minimum Gasteiger partial charge on any atom is -0.461 e. The summed E-state index contributed by atoms with van der Waals surface area (Å²) < 4.78 is 5.82. The van der Waals surface area contributed by atoms with Crippen LogP contribution in [0.1, 0.15) is 24.2 Å². The lowest BCUT2D eigenvalue weighted by Gasteiger charge is -2.22. The molecule has 1 atom stereocenters. The van der Waals surface area contributed by atoms with Gasteiger partial charge < -0.3 is 9.73 Å². The number of hydrogen-bond donors (Lipinski definition) is 1. The van der Waals surface area contributed by atoms with E-state index in [1.54, 1.807) is 0 Å². The summed E-state index contributed by atoms with van der Waals surface area (Å²) in [4.78, 5) is 0. The van der Waals surface area contributed by atoms with Crippen LogP contribution in [0.15, 0.2) is 28.7 Å². The van der Waals surface area contributed by atoms with Crippen molar-refractivity contribution >= 4 is 11.0 Å². The van der Waals surface area contributed by atoms with Crippen LogP contribution < -0.4 is 5.32 Å². The van der Waals surface area contributed by atoms with Crippen LogP contribution in [-0.4, -0.2) is 13.1 Å². The minimum absolute atomic E-state index is 0.764. The first-order valence-electron chi connectivity index (χ1n) is 6.52. The minimum atomic E-state index is 0.764. The quantitative estimate of drug-likeness (QED) is 0.855. The molecule has 1 aliphatic rings. The predicted octanol–water partition coefficient (Wildman–Crippen LogP) is 3.28. The molecule has 0 aliphatic carbocycles. The normalized spacial score (nSPS) is 20.9. The lowest BCUT2D eigenvalue weighted by atomic mass is 9.92. The molecule has 0 amide bonds. The Bertz CT molecular complexity index is 509. The third-order valence-electron chi connectivity index (χ3n) is 3.66. The van der Waals surface area contributed by atoms with Gasteiger partial charge >= 0.3 is 0 Å². The molecule has 2 heterocycles. The number of aryl methyl sites for hydroxylation is 1. The van der Waals surface area contributed by atoms with Gasteiger partial charge in [-0.1, -0.05) is 18.2 Å². The first kappa shape index (κ1) is 10.8. The third-order valence-corrected chi connectivity index (χ3v) is 3.66. The van der Waals surface area contributed by atoms with Gasteiger partial charge in [-0.15, -0.1) is 0 Å². The molecule has 3 rings (SSSR count). The zero-order valence-electron chi connectivity index (χ0n) is 10.3. The summed E-state index contributed by atoms with van der Waals surface area (Å²) in [7, 11) is 0. The number of rotatable bonds is 2. The van der Waals surface area contributed by atoms with E-state index in [4.69, 9.17) is 4.42 Å². The molecule has 90 valence electrons. The molecule has 0 radical (unpaired) electrons. The molecule has 1 aromatic carbocycles. The lowest BCUT2D eigenvalue weighted by molar-refractivity contribution is 0.375. The molecule has 0 bridgehead atoms. The molecule has 1 saturated heterocycles. The number of furan rings is 1. The fourth-order valence-corrected chi connectivity index (χ4v) is 2.82. The first-order valence-corrected chi connectivity index (χ1v) is 6.52. The van der Waals surface area contributed by atoms with Crippen molar-refractivity contribution < 1.29 is 4.42 Å². The van der Waals surface area contributed by atoms with Gasteiger partial charge in [0, 0.05) is 5.39 Å².